The summed E-state index contributed by atoms with van der Waals surface area (Å²) >= 11 is 1.48. The van der Waals surface area contributed by atoms with Gasteiger partial charge in [0, 0.05) is 0 Å². The lowest BCUT2D eigenvalue weighted by molar-refractivity contribution is -0.150. The van der Waals surface area contributed by atoms with E-state index in [1.165, 1.54) is 30.6 Å². The molecule has 3 aromatic carbocycles. The van der Waals surface area contributed by atoms with Gasteiger partial charge in [0.05, 0.1) is 29.4 Å². The van der Waals surface area contributed by atoms with Gasteiger partial charge >= 0.3 is 16.3 Å². The molecule has 0 spiro atoms. The molecule has 0 saturated carbocycles. The number of carbonyl (C=O) groups is 2. The van der Waals surface area contributed by atoms with Gasteiger partial charge < -0.3 is 10.1 Å². The van der Waals surface area contributed by atoms with Crippen molar-refractivity contribution in [2.45, 2.75) is 32.2 Å². The minimum atomic E-state index is -4.41. The molecular weight excluding hydrogens is 562 g/mol. The number of ether oxygens (including phenoxy) is 1. The number of hydrogen-bond acceptors (Lipinski definition) is 7. The van der Waals surface area contributed by atoms with Crippen LogP contribution in [-0.4, -0.2) is 36.9 Å². The van der Waals surface area contributed by atoms with E-state index in [9.17, 15) is 18.0 Å². The van der Waals surface area contributed by atoms with Crippen molar-refractivity contribution < 1.29 is 27.3 Å². The van der Waals surface area contributed by atoms with E-state index in [0.717, 1.165) is 27.3 Å². The van der Waals surface area contributed by atoms with Gasteiger partial charge in [0.1, 0.15) is 10.9 Å². The van der Waals surface area contributed by atoms with Crippen LogP contribution in [0.2, 0.25) is 0 Å². The number of nitrogens with zero attached hydrogens (tertiary/aromatic N) is 1. The molecule has 0 bridgehead atoms. The molecule has 0 aliphatic carbocycles. The maximum Gasteiger partial charge on any atom is 0.357 e. The lowest BCUT2D eigenvalue weighted by atomic mass is 9.97. The molecule has 0 saturated heterocycles. The van der Waals surface area contributed by atoms with Crippen LogP contribution in [0.25, 0.3) is 10.4 Å². The summed E-state index contributed by atoms with van der Waals surface area (Å²) in [5, 5.41) is 3.72. The minimum absolute atomic E-state index is 0.176. The zero-order chi connectivity index (χ0) is 29.4. The summed E-state index contributed by atoms with van der Waals surface area (Å²) in [5.74, 6) is -2.18. The first-order chi connectivity index (χ1) is 19.7. The quantitative estimate of drug-likeness (QED) is 0.119. The Bertz CT molecular complexity index is 1570. The van der Waals surface area contributed by atoms with E-state index in [4.69, 9.17) is 14.3 Å². The fourth-order valence-electron chi connectivity index (χ4n) is 4.41. The Labute approximate surface area is 243 Å². The van der Waals surface area contributed by atoms with Gasteiger partial charge in [0.25, 0.3) is 0 Å². The Hall–Kier alpha value is -4.06. The van der Waals surface area contributed by atoms with Crippen molar-refractivity contribution in [3.63, 3.8) is 0 Å². The van der Waals surface area contributed by atoms with Crippen LogP contribution in [-0.2, 0) is 43.9 Å². The second kappa shape index (κ2) is 13.5. The molecule has 4 rings (SSSR count). The van der Waals surface area contributed by atoms with Crippen LogP contribution < -0.4 is 10.0 Å². The number of thiazole rings is 1. The molecule has 1 aromatic heterocycles. The molecule has 0 aliphatic heterocycles. The van der Waals surface area contributed by atoms with Crippen molar-refractivity contribution >= 4 is 39.2 Å². The predicted octanol–water partition coefficient (Wildman–Crippen LogP) is 5.02. The number of nitrogens with one attached hydrogen (secondary N) is 2. The van der Waals surface area contributed by atoms with E-state index < -0.39 is 34.1 Å². The molecule has 3 N–H and O–H groups in total. The Morgan fingerprint density at radius 3 is 2.12 bits per heavy atom. The van der Waals surface area contributed by atoms with E-state index >= 15 is 0 Å². The van der Waals surface area contributed by atoms with E-state index in [1.807, 2.05) is 72.3 Å². The van der Waals surface area contributed by atoms with Gasteiger partial charge in [-0.15, -0.1) is 11.3 Å². The van der Waals surface area contributed by atoms with Gasteiger partial charge in [-0.25, -0.2) is 4.98 Å². The van der Waals surface area contributed by atoms with Crippen molar-refractivity contribution in [1.29, 1.82) is 0 Å². The molecule has 1 heterocycles. The Kier molecular flexibility index (Phi) is 9.87. The number of aromatic nitrogens is 1. The van der Waals surface area contributed by atoms with Crippen molar-refractivity contribution in [3.8, 4) is 10.4 Å². The van der Waals surface area contributed by atoms with Crippen molar-refractivity contribution in [2.75, 3.05) is 11.8 Å². The van der Waals surface area contributed by atoms with Crippen LogP contribution in [0.3, 0.4) is 0 Å². The second-order valence-electron chi connectivity index (χ2n) is 9.35. The molecule has 0 unspecified atom stereocenters. The van der Waals surface area contributed by atoms with Crippen LogP contribution in [0, 0.1) is 5.92 Å². The molecule has 11 heteroatoms. The van der Waals surface area contributed by atoms with Gasteiger partial charge in [0.2, 0.25) is 5.91 Å². The summed E-state index contributed by atoms with van der Waals surface area (Å²) in [7, 11) is -3.15. The predicted molar refractivity (Wildman–Crippen MR) is 159 cm³/mol. The Morgan fingerprint density at radius 1 is 0.927 bits per heavy atom. The number of rotatable bonds is 12. The third kappa shape index (κ3) is 8.23. The molecule has 0 aliphatic rings. The minimum Gasteiger partial charge on any atom is -0.468 e. The number of methoxy groups -OCH3 is 1. The molecule has 4 aromatic rings. The molecule has 2 atom stereocenters. The summed E-state index contributed by atoms with van der Waals surface area (Å²) in [5.41, 5.74) is 3.72. The first-order valence-electron chi connectivity index (χ1n) is 13.0. The lowest BCUT2D eigenvalue weighted by Gasteiger charge is -2.21. The van der Waals surface area contributed by atoms with Gasteiger partial charge in [-0.05, 0) is 48.1 Å². The number of hydrogen-bond donors (Lipinski definition) is 3. The Balaban J connectivity index is 1.67. The van der Waals surface area contributed by atoms with Crippen molar-refractivity contribution in [2.24, 2.45) is 5.92 Å². The highest BCUT2D eigenvalue weighted by molar-refractivity contribution is 7.87. The van der Waals surface area contributed by atoms with Crippen LogP contribution in [0.1, 0.15) is 34.8 Å². The Morgan fingerprint density at radius 2 is 1.54 bits per heavy atom. The first kappa shape index (κ1) is 29.9. The molecule has 0 fully saturated rings. The summed E-state index contributed by atoms with van der Waals surface area (Å²) in [6.45, 7) is 2.02. The average molecular weight is 594 g/mol. The zero-order valence-corrected chi connectivity index (χ0v) is 24.2. The monoisotopic (exact) mass is 593 g/mol. The van der Waals surface area contributed by atoms with Gasteiger partial charge in [-0.2, -0.15) is 8.42 Å². The molecular formula is C30H31N3O6S2. The summed E-state index contributed by atoms with van der Waals surface area (Å²) in [6.07, 6.45) is 1.19. The third-order valence-electron chi connectivity index (χ3n) is 6.42. The van der Waals surface area contributed by atoms with Crippen LogP contribution in [0.4, 0.5) is 5.69 Å². The van der Waals surface area contributed by atoms with Crippen LogP contribution in [0.15, 0.2) is 84.9 Å². The largest absolute Gasteiger partial charge is 0.468 e. The molecule has 41 heavy (non-hydrogen) atoms. The fourth-order valence-corrected chi connectivity index (χ4v) is 6.06. The highest BCUT2D eigenvalue weighted by Crippen LogP contribution is 2.35. The SMILES string of the molecule is CCc1nc([C@H](Cc2ccc(NS(=O)(=O)O)cc2)NC(=O)[C@H](Cc2ccccc2)C(=O)OC)sc1-c1ccccc1. The van der Waals surface area contributed by atoms with Crippen molar-refractivity contribution in [1.82, 2.24) is 10.3 Å². The van der Waals surface area contributed by atoms with Gasteiger partial charge in [-0.1, -0.05) is 79.7 Å². The number of amides is 1. The fraction of sp³-hybridized carbons (Fsp3) is 0.233. The van der Waals surface area contributed by atoms with Gasteiger partial charge in [-0.3, -0.25) is 18.9 Å². The third-order valence-corrected chi connectivity index (χ3v) is 8.18. The van der Waals surface area contributed by atoms with E-state index in [2.05, 4.69) is 5.32 Å². The molecule has 1 amide bonds. The topological polar surface area (TPSA) is 135 Å². The number of carbonyl (C=O) groups excluding carboxylic acids is 2. The van der Waals surface area contributed by atoms with E-state index in [1.54, 1.807) is 12.1 Å². The number of anilines is 1. The van der Waals surface area contributed by atoms with E-state index in [0.29, 0.717) is 17.8 Å². The van der Waals surface area contributed by atoms with Crippen molar-refractivity contribution in [3.05, 3.63) is 107 Å². The number of benzene rings is 3. The summed E-state index contributed by atoms with van der Waals surface area (Å²) in [6, 6.07) is 25.0. The van der Waals surface area contributed by atoms with Gasteiger partial charge in [0.15, 0.2) is 0 Å². The maximum atomic E-state index is 13.6. The normalized spacial score (nSPS) is 12.8. The molecule has 0 radical (unpaired) electrons. The summed E-state index contributed by atoms with van der Waals surface area (Å²) < 4.78 is 38.4. The highest BCUT2D eigenvalue weighted by Gasteiger charge is 2.31. The average Bonchev–Trinajstić information content (AvgIpc) is 3.41. The second-order valence-corrected chi connectivity index (χ2v) is 11.5. The first-order valence-corrected chi connectivity index (χ1v) is 15.2. The van der Waals surface area contributed by atoms with Crippen LogP contribution >= 0.6 is 11.3 Å². The van der Waals surface area contributed by atoms with Crippen LogP contribution in [0.5, 0.6) is 0 Å². The maximum absolute atomic E-state index is 13.6. The number of aryl methyl sites for hydroxylation is 1. The highest BCUT2D eigenvalue weighted by atomic mass is 32.2. The standard InChI is InChI=1S/C30H31N3O6S2/c1-3-25-27(22-12-8-5-9-13-22)40-29(32-25)26(19-21-14-16-23(17-15-21)33-41(36,37)38)31-28(34)24(30(35)39-2)18-20-10-6-4-7-11-20/h4-17,24,26,33H,3,18-19H2,1-2H3,(H,31,34)(H,36,37,38)/t24-,26-/m0/s1. The molecule has 214 valence electrons. The summed E-state index contributed by atoms with van der Waals surface area (Å²) in [4.78, 5) is 32.2. The van der Waals surface area contributed by atoms with E-state index in [-0.39, 0.29) is 12.1 Å². The zero-order valence-electron chi connectivity index (χ0n) is 22.6. The number of esters is 1. The lowest BCUT2D eigenvalue weighted by Crippen LogP contribution is -2.40. The molecule has 9 nitrogen and oxygen atoms in total. The smallest absolute Gasteiger partial charge is 0.357 e.